The fraction of sp³-hybridized carbons (Fsp3) is 0.316. The molecule has 0 saturated carbocycles. The second kappa shape index (κ2) is 6.76. The van der Waals surface area contributed by atoms with Gasteiger partial charge in [0, 0.05) is 24.2 Å². The lowest BCUT2D eigenvalue weighted by Crippen LogP contribution is -2.46. The number of phenols is 1. The Hall–Kier alpha value is -2.93. The van der Waals surface area contributed by atoms with Crippen molar-refractivity contribution in [3.05, 3.63) is 42.0 Å². The average molecular weight is 354 g/mol. The number of anilines is 1. The Bertz CT molecular complexity index is 871. The molecule has 3 rings (SSSR count). The highest BCUT2D eigenvalue weighted by Gasteiger charge is 2.30. The van der Waals surface area contributed by atoms with Crippen molar-refractivity contribution in [3.8, 4) is 17.0 Å². The molecule has 7 heteroatoms. The number of aromatic hydroxyl groups is 1. The summed E-state index contributed by atoms with van der Waals surface area (Å²) in [6, 6.07) is 8.71. The lowest BCUT2D eigenvalue weighted by Gasteiger charge is -2.31. The molecule has 1 aromatic carbocycles. The van der Waals surface area contributed by atoms with Crippen molar-refractivity contribution in [1.82, 2.24) is 15.1 Å². The van der Waals surface area contributed by atoms with Gasteiger partial charge in [-0.2, -0.15) is 0 Å². The molecule has 2 heterocycles. The molecule has 1 aliphatic rings. The van der Waals surface area contributed by atoms with Gasteiger partial charge in [-0.1, -0.05) is 18.2 Å². The maximum atomic E-state index is 12.2. The molecule has 136 valence electrons. The average Bonchev–Trinajstić information content (AvgIpc) is 2.61. The van der Waals surface area contributed by atoms with Gasteiger partial charge < -0.3 is 20.8 Å². The van der Waals surface area contributed by atoms with Crippen LogP contribution < -0.4 is 5.73 Å². The second-order valence-electron chi connectivity index (χ2n) is 6.84. The number of para-hydroxylation sites is 1. The Kier molecular flexibility index (Phi) is 4.65. The van der Waals surface area contributed by atoms with Gasteiger partial charge >= 0.3 is 0 Å². The molecule has 2 aromatic rings. The van der Waals surface area contributed by atoms with Gasteiger partial charge in [0.1, 0.15) is 11.4 Å². The van der Waals surface area contributed by atoms with Crippen LogP contribution in [0.2, 0.25) is 0 Å². The highest BCUT2D eigenvalue weighted by atomic mass is 16.3. The van der Waals surface area contributed by atoms with Crippen molar-refractivity contribution in [2.45, 2.75) is 25.9 Å². The minimum Gasteiger partial charge on any atom is -0.507 e. The first-order valence-corrected chi connectivity index (χ1v) is 8.40. The van der Waals surface area contributed by atoms with E-state index >= 15 is 0 Å². The van der Waals surface area contributed by atoms with Crippen molar-refractivity contribution in [2.75, 3.05) is 18.8 Å². The number of rotatable bonds is 3. The van der Waals surface area contributed by atoms with Gasteiger partial charge in [-0.3, -0.25) is 4.79 Å². The molecule has 0 saturated heterocycles. The van der Waals surface area contributed by atoms with Gasteiger partial charge in [-0.25, -0.2) is 0 Å². The third kappa shape index (κ3) is 3.52. The largest absolute Gasteiger partial charge is 0.507 e. The smallest absolute Gasteiger partial charge is 0.254 e. The normalized spacial score (nSPS) is 14.9. The standard InChI is InChI=1S/C19H22N4O3/c1-19(2,26)18(25)23-9-7-12(8-10-23)14-11-15(21-22-17(14)20)13-5-3-4-6-16(13)24/h3-7,11,24,26H,8-10H2,1-2H3,(H2,20,22). The Morgan fingerprint density at radius 1 is 1.23 bits per heavy atom. The Morgan fingerprint density at radius 2 is 1.96 bits per heavy atom. The summed E-state index contributed by atoms with van der Waals surface area (Å²) in [7, 11) is 0. The van der Waals surface area contributed by atoms with Crippen molar-refractivity contribution in [1.29, 1.82) is 0 Å². The third-order valence-electron chi connectivity index (χ3n) is 4.37. The monoisotopic (exact) mass is 354 g/mol. The van der Waals surface area contributed by atoms with E-state index in [9.17, 15) is 15.0 Å². The first-order chi connectivity index (χ1) is 12.3. The van der Waals surface area contributed by atoms with Crippen LogP contribution in [0, 0.1) is 0 Å². The lowest BCUT2D eigenvalue weighted by atomic mass is 9.97. The van der Waals surface area contributed by atoms with E-state index in [0.29, 0.717) is 36.6 Å². The van der Waals surface area contributed by atoms with Crippen molar-refractivity contribution < 1.29 is 15.0 Å². The SMILES string of the molecule is CC(C)(O)C(=O)N1CC=C(c2cc(-c3ccccc3O)nnc2N)CC1. The molecular weight excluding hydrogens is 332 g/mol. The molecule has 0 atom stereocenters. The zero-order valence-corrected chi connectivity index (χ0v) is 14.8. The van der Waals surface area contributed by atoms with Gasteiger partial charge in [-0.15, -0.1) is 10.2 Å². The van der Waals surface area contributed by atoms with Crippen LogP contribution in [0.15, 0.2) is 36.4 Å². The summed E-state index contributed by atoms with van der Waals surface area (Å²) in [5, 5.41) is 28.0. The van der Waals surface area contributed by atoms with E-state index in [4.69, 9.17) is 5.73 Å². The van der Waals surface area contributed by atoms with Crippen LogP contribution in [0.4, 0.5) is 5.82 Å². The molecule has 0 spiro atoms. The van der Waals surface area contributed by atoms with Gasteiger partial charge in [-0.05, 0) is 44.0 Å². The summed E-state index contributed by atoms with van der Waals surface area (Å²) in [5.41, 5.74) is 7.44. The number of hydrogen-bond acceptors (Lipinski definition) is 6. The summed E-state index contributed by atoms with van der Waals surface area (Å²) < 4.78 is 0. The van der Waals surface area contributed by atoms with Crippen LogP contribution in [0.1, 0.15) is 25.8 Å². The van der Waals surface area contributed by atoms with E-state index in [1.165, 1.54) is 13.8 Å². The van der Waals surface area contributed by atoms with Gasteiger partial charge in [0.05, 0.1) is 5.69 Å². The van der Waals surface area contributed by atoms with Gasteiger partial charge in [0.2, 0.25) is 0 Å². The number of amides is 1. The molecule has 1 amide bonds. The number of aromatic nitrogens is 2. The zero-order chi connectivity index (χ0) is 18.9. The quantitative estimate of drug-likeness (QED) is 0.775. The van der Waals surface area contributed by atoms with E-state index in [-0.39, 0.29) is 11.7 Å². The van der Waals surface area contributed by atoms with Crippen LogP contribution >= 0.6 is 0 Å². The predicted octanol–water partition coefficient (Wildman–Crippen LogP) is 1.82. The number of hydrogen-bond donors (Lipinski definition) is 3. The molecule has 1 aromatic heterocycles. The molecule has 0 radical (unpaired) electrons. The fourth-order valence-electron chi connectivity index (χ4n) is 2.97. The fourth-order valence-corrected chi connectivity index (χ4v) is 2.97. The number of nitrogens with two attached hydrogens (primary N) is 1. The van der Waals surface area contributed by atoms with Gasteiger partial charge in [0.15, 0.2) is 5.82 Å². The summed E-state index contributed by atoms with van der Waals surface area (Å²) >= 11 is 0. The minimum absolute atomic E-state index is 0.122. The van der Waals surface area contributed by atoms with Crippen molar-refractivity contribution >= 4 is 17.3 Å². The molecular formula is C19H22N4O3. The Balaban J connectivity index is 1.89. The number of nitrogen functional groups attached to an aromatic ring is 1. The summed E-state index contributed by atoms with van der Waals surface area (Å²) in [5.74, 6) is 0.123. The molecule has 0 aliphatic carbocycles. The van der Waals surface area contributed by atoms with Crippen LogP contribution in [-0.4, -0.2) is 49.9 Å². The lowest BCUT2D eigenvalue weighted by molar-refractivity contribution is -0.147. The van der Waals surface area contributed by atoms with E-state index in [1.54, 1.807) is 29.2 Å². The number of phenolic OH excluding ortho intramolecular Hbond substituents is 1. The van der Waals surface area contributed by atoms with Crippen molar-refractivity contribution in [3.63, 3.8) is 0 Å². The number of aliphatic hydroxyl groups is 1. The van der Waals surface area contributed by atoms with E-state index < -0.39 is 5.60 Å². The van der Waals surface area contributed by atoms with Crippen LogP contribution in [0.25, 0.3) is 16.8 Å². The zero-order valence-electron chi connectivity index (χ0n) is 14.8. The predicted molar refractivity (Wildman–Crippen MR) is 99.0 cm³/mol. The van der Waals surface area contributed by atoms with Gasteiger partial charge in [0.25, 0.3) is 5.91 Å². The minimum atomic E-state index is -1.39. The second-order valence-corrected chi connectivity index (χ2v) is 6.84. The summed E-state index contributed by atoms with van der Waals surface area (Å²) in [6.45, 7) is 3.85. The molecule has 1 aliphatic heterocycles. The topological polar surface area (TPSA) is 113 Å². The third-order valence-corrected chi connectivity index (χ3v) is 4.37. The molecule has 0 unspecified atom stereocenters. The number of nitrogens with zero attached hydrogens (tertiary/aromatic N) is 3. The highest BCUT2D eigenvalue weighted by molar-refractivity contribution is 5.86. The number of carbonyl (C=O) groups excluding carboxylic acids is 1. The van der Waals surface area contributed by atoms with Crippen molar-refractivity contribution in [2.24, 2.45) is 0 Å². The maximum absolute atomic E-state index is 12.2. The number of carbonyl (C=O) groups is 1. The van der Waals surface area contributed by atoms with Crippen LogP contribution in [-0.2, 0) is 4.79 Å². The first-order valence-electron chi connectivity index (χ1n) is 8.40. The van der Waals surface area contributed by atoms with Crippen LogP contribution in [0.5, 0.6) is 5.75 Å². The molecule has 7 nitrogen and oxygen atoms in total. The Labute approximate surface area is 151 Å². The first kappa shape index (κ1) is 17.9. The number of benzene rings is 1. The molecule has 4 N–H and O–H groups in total. The highest BCUT2D eigenvalue weighted by Crippen LogP contribution is 2.32. The molecule has 0 bridgehead atoms. The molecule has 26 heavy (non-hydrogen) atoms. The van der Waals surface area contributed by atoms with E-state index in [2.05, 4.69) is 10.2 Å². The van der Waals surface area contributed by atoms with E-state index in [0.717, 1.165) is 11.1 Å². The van der Waals surface area contributed by atoms with Crippen LogP contribution in [0.3, 0.4) is 0 Å². The summed E-state index contributed by atoms with van der Waals surface area (Å²) in [4.78, 5) is 13.8. The maximum Gasteiger partial charge on any atom is 0.254 e. The molecule has 0 fully saturated rings. The Morgan fingerprint density at radius 3 is 2.58 bits per heavy atom. The summed E-state index contributed by atoms with van der Waals surface area (Å²) in [6.07, 6.45) is 2.51. The van der Waals surface area contributed by atoms with E-state index in [1.807, 2.05) is 12.1 Å².